The van der Waals surface area contributed by atoms with E-state index in [9.17, 15) is 14.7 Å². The van der Waals surface area contributed by atoms with E-state index in [0.29, 0.717) is 6.54 Å². The van der Waals surface area contributed by atoms with E-state index in [2.05, 4.69) is 26.6 Å². The van der Waals surface area contributed by atoms with Crippen LogP contribution in [0.4, 0.5) is 4.79 Å². The van der Waals surface area contributed by atoms with Crippen LogP contribution in [0.3, 0.4) is 0 Å². The highest BCUT2D eigenvalue weighted by Gasteiger charge is 2.41. The van der Waals surface area contributed by atoms with Crippen molar-refractivity contribution in [2.45, 2.75) is 92.4 Å². The molecule has 1 N–H and O–H groups in total. The van der Waals surface area contributed by atoms with Gasteiger partial charge in [0, 0.05) is 0 Å². The summed E-state index contributed by atoms with van der Waals surface area (Å²) in [6.07, 6.45) is -1.77. The molecule has 0 aliphatic carbocycles. The van der Waals surface area contributed by atoms with Gasteiger partial charge in [0.15, 0.2) is 6.10 Å². The number of esters is 1. The summed E-state index contributed by atoms with van der Waals surface area (Å²) in [5, 5.41) is 10.9. The summed E-state index contributed by atoms with van der Waals surface area (Å²) in [5.74, 6) is -0.393. The molecule has 1 aliphatic heterocycles. The van der Waals surface area contributed by atoms with E-state index in [-0.39, 0.29) is 12.6 Å². The van der Waals surface area contributed by atoms with Gasteiger partial charge in [-0.2, -0.15) is 0 Å². The fraction of sp³-hybridized carbons (Fsp3) is 0.652. The highest BCUT2D eigenvalue weighted by atomic mass is 28.3. The van der Waals surface area contributed by atoms with Crippen molar-refractivity contribution in [3.05, 3.63) is 27.8 Å². The lowest BCUT2D eigenvalue weighted by Crippen LogP contribution is -2.46. The second-order valence-corrected chi connectivity index (χ2v) is 15.1. The van der Waals surface area contributed by atoms with E-state index < -0.39 is 31.8 Å². The Morgan fingerprint density at radius 3 is 2.20 bits per heavy atom. The van der Waals surface area contributed by atoms with Crippen LogP contribution >= 0.6 is 0 Å². The summed E-state index contributed by atoms with van der Waals surface area (Å²) in [4.78, 5) is 26.4. The van der Waals surface area contributed by atoms with Gasteiger partial charge in [-0.15, -0.1) is 0 Å². The fourth-order valence-corrected chi connectivity index (χ4v) is 7.06. The normalized spacial score (nSPS) is 17.7. The minimum absolute atomic E-state index is 0.218. The Labute approximate surface area is 181 Å². The number of ether oxygens (including phenoxy) is 2. The number of carboxylic acid groups (broad SMARTS) is 1. The summed E-state index contributed by atoms with van der Waals surface area (Å²) >= 11 is 0. The van der Waals surface area contributed by atoms with Gasteiger partial charge < -0.3 is 14.6 Å². The van der Waals surface area contributed by atoms with Gasteiger partial charge in [-0.1, -0.05) is 24.8 Å². The Bertz CT molecular complexity index is 851. The maximum Gasteiger partial charge on any atom is 0.408 e. The van der Waals surface area contributed by atoms with Gasteiger partial charge in [0.25, 0.3) is 0 Å². The van der Waals surface area contributed by atoms with Crippen LogP contribution < -0.4 is 5.19 Å². The number of nitrogens with zero attached hydrogens (tertiary/aromatic N) is 1. The minimum Gasteiger partial charge on any atom is -0.465 e. The number of carbonyl (C=O) groups is 2. The summed E-state index contributed by atoms with van der Waals surface area (Å²) in [6.45, 7) is 20.9. The zero-order valence-corrected chi connectivity index (χ0v) is 21.1. The third-order valence-corrected chi connectivity index (χ3v) is 7.82. The van der Waals surface area contributed by atoms with E-state index in [1.807, 2.05) is 34.6 Å². The standard InChI is InChI=1S/C23H37NO5Si/c1-11-28-21(25)19(29-23(5,6)7)18-13(2)16-12-24(22(26)27)15(4)17(16)14(3)20(18)30(8,9)10/h15,19H,11-12H2,1-10H3,(H,26,27)/t15-,19?/m1/s1. The minimum atomic E-state index is -1.94. The van der Waals surface area contributed by atoms with Gasteiger partial charge in [0.05, 0.1) is 32.9 Å². The number of carbonyl (C=O) groups excluding carboxylic acids is 1. The van der Waals surface area contributed by atoms with Crippen LogP contribution in [0.5, 0.6) is 0 Å². The molecule has 0 fully saturated rings. The molecule has 168 valence electrons. The van der Waals surface area contributed by atoms with E-state index in [4.69, 9.17) is 9.47 Å². The molecule has 0 bridgehead atoms. The molecular formula is C23H37NO5Si. The van der Waals surface area contributed by atoms with Crippen LogP contribution in [0.1, 0.15) is 74.6 Å². The molecule has 6 nitrogen and oxygen atoms in total. The average Bonchev–Trinajstić information content (AvgIpc) is 2.92. The molecule has 1 heterocycles. The van der Waals surface area contributed by atoms with Gasteiger partial charge in [0.1, 0.15) is 0 Å². The molecular weight excluding hydrogens is 398 g/mol. The number of fused-ring (bicyclic) bond motifs is 1. The Morgan fingerprint density at radius 1 is 1.20 bits per heavy atom. The van der Waals surface area contributed by atoms with Crippen molar-refractivity contribution in [2.75, 3.05) is 6.61 Å². The lowest BCUT2D eigenvalue weighted by atomic mass is 9.89. The number of hydrogen-bond donors (Lipinski definition) is 1. The Hall–Kier alpha value is -1.86. The van der Waals surface area contributed by atoms with Crippen LogP contribution in [0.15, 0.2) is 0 Å². The third-order valence-electron chi connectivity index (χ3n) is 5.67. The maximum absolute atomic E-state index is 13.1. The molecule has 0 saturated heterocycles. The van der Waals surface area contributed by atoms with Crippen molar-refractivity contribution in [1.29, 1.82) is 0 Å². The van der Waals surface area contributed by atoms with E-state index >= 15 is 0 Å². The molecule has 0 radical (unpaired) electrons. The summed E-state index contributed by atoms with van der Waals surface area (Å²) in [6, 6.07) is -0.218. The van der Waals surface area contributed by atoms with Crippen molar-refractivity contribution in [3.8, 4) is 0 Å². The molecule has 0 aromatic heterocycles. The second kappa shape index (κ2) is 8.34. The van der Waals surface area contributed by atoms with Crippen LogP contribution in [-0.4, -0.2) is 42.4 Å². The Balaban J connectivity index is 2.87. The molecule has 1 aromatic carbocycles. The smallest absolute Gasteiger partial charge is 0.408 e. The SMILES string of the molecule is CCOC(=O)C(OC(C)(C)C)c1c(C)c2c(c(C)c1[Si](C)(C)C)[C@@H](C)N(C(=O)O)C2. The highest BCUT2D eigenvalue weighted by Crippen LogP contribution is 2.41. The number of amides is 1. The first-order chi connectivity index (χ1) is 13.6. The van der Waals surface area contributed by atoms with Crippen molar-refractivity contribution in [3.63, 3.8) is 0 Å². The third kappa shape index (κ3) is 4.57. The Kier molecular flexibility index (Phi) is 6.79. The predicted molar refractivity (Wildman–Crippen MR) is 121 cm³/mol. The van der Waals surface area contributed by atoms with Crippen LogP contribution in [0, 0.1) is 13.8 Å². The van der Waals surface area contributed by atoms with E-state index in [1.165, 1.54) is 10.1 Å². The number of benzene rings is 1. The first-order valence-electron chi connectivity index (χ1n) is 10.6. The monoisotopic (exact) mass is 435 g/mol. The highest BCUT2D eigenvalue weighted by molar-refractivity contribution is 6.89. The second-order valence-electron chi connectivity index (χ2n) is 10.1. The van der Waals surface area contributed by atoms with E-state index in [1.54, 1.807) is 6.92 Å². The van der Waals surface area contributed by atoms with Crippen molar-refractivity contribution in [2.24, 2.45) is 0 Å². The van der Waals surface area contributed by atoms with Gasteiger partial charge in [0.2, 0.25) is 0 Å². The summed E-state index contributed by atoms with van der Waals surface area (Å²) < 4.78 is 11.7. The zero-order chi connectivity index (χ0) is 23.2. The maximum atomic E-state index is 13.1. The van der Waals surface area contributed by atoms with Crippen molar-refractivity contribution >= 4 is 25.3 Å². The molecule has 1 amide bonds. The van der Waals surface area contributed by atoms with Crippen molar-refractivity contribution in [1.82, 2.24) is 4.90 Å². The van der Waals surface area contributed by atoms with Crippen LogP contribution in [-0.2, 0) is 20.8 Å². The first-order valence-corrected chi connectivity index (χ1v) is 14.1. The molecule has 0 saturated carbocycles. The Morgan fingerprint density at radius 2 is 1.77 bits per heavy atom. The molecule has 1 aliphatic rings. The predicted octanol–water partition coefficient (Wildman–Crippen LogP) is 4.82. The molecule has 1 aromatic rings. The lowest BCUT2D eigenvalue weighted by molar-refractivity contribution is -0.166. The number of rotatable bonds is 5. The van der Waals surface area contributed by atoms with Crippen LogP contribution in [0.25, 0.3) is 0 Å². The van der Waals surface area contributed by atoms with Crippen molar-refractivity contribution < 1.29 is 24.2 Å². The quantitative estimate of drug-likeness (QED) is 0.530. The lowest BCUT2D eigenvalue weighted by Gasteiger charge is -2.34. The molecule has 1 unspecified atom stereocenters. The largest absolute Gasteiger partial charge is 0.465 e. The topological polar surface area (TPSA) is 76.1 Å². The molecule has 0 spiro atoms. The van der Waals surface area contributed by atoms with Gasteiger partial charge in [-0.05, 0) is 76.3 Å². The van der Waals surface area contributed by atoms with Gasteiger partial charge in [-0.25, -0.2) is 9.59 Å². The van der Waals surface area contributed by atoms with Gasteiger partial charge >= 0.3 is 12.1 Å². The van der Waals surface area contributed by atoms with Gasteiger partial charge in [-0.3, -0.25) is 4.90 Å². The van der Waals surface area contributed by atoms with E-state index in [0.717, 1.165) is 27.8 Å². The molecule has 30 heavy (non-hydrogen) atoms. The fourth-order valence-electron chi connectivity index (χ4n) is 4.67. The molecule has 2 atom stereocenters. The zero-order valence-electron chi connectivity index (χ0n) is 20.1. The molecule has 2 rings (SSSR count). The number of hydrogen-bond acceptors (Lipinski definition) is 4. The average molecular weight is 436 g/mol. The molecule has 7 heteroatoms. The summed E-state index contributed by atoms with van der Waals surface area (Å²) in [5.41, 5.74) is 4.44. The first kappa shape index (κ1) is 24.4. The van der Waals surface area contributed by atoms with Crippen LogP contribution in [0.2, 0.25) is 19.6 Å². The summed E-state index contributed by atoms with van der Waals surface area (Å²) in [7, 11) is -1.94.